The van der Waals surface area contributed by atoms with Gasteiger partial charge in [0.15, 0.2) is 0 Å². The number of halogens is 1. The second-order valence-electron chi connectivity index (χ2n) is 5.28. The van der Waals surface area contributed by atoms with Gasteiger partial charge in [0.2, 0.25) is 5.91 Å². The zero-order chi connectivity index (χ0) is 13.2. The number of hydrogen-bond donors (Lipinski definition) is 2. The average Bonchev–Trinajstić information content (AvgIpc) is 2.28. The van der Waals surface area contributed by atoms with Crippen LogP contribution >= 0.6 is 0 Å². The van der Waals surface area contributed by atoms with Crippen LogP contribution in [-0.4, -0.2) is 11.4 Å². The third-order valence-electron chi connectivity index (χ3n) is 3.68. The Labute approximate surface area is 107 Å². The van der Waals surface area contributed by atoms with Crippen molar-refractivity contribution < 1.29 is 9.18 Å². The van der Waals surface area contributed by atoms with Gasteiger partial charge in [-0.3, -0.25) is 4.79 Å². The summed E-state index contributed by atoms with van der Waals surface area (Å²) in [5, 5.41) is 3.15. The van der Waals surface area contributed by atoms with Gasteiger partial charge in [-0.25, -0.2) is 4.39 Å². The molecule has 0 aliphatic heterocycles. The van der Waals surface area contributed by atoms with Crippen molar-refractivity contribution in [2.75, 3.05) is 5.32 Å². The van der Waals surface area contributed by atoms with Crippen LogP contribution in [0.3, 0.4) is 0 Å². The Morgan fingerprint density at radius 1 is 1.56 bits per heavy atom. The Balaban J connectivity index is 2.23. The van der Waals surface area contributed by atoms with Crippen LogP contribution < -0.4 is 11.1 Å². The molecule has 2 unspecified atom stereocenters. The number of anilines is 1. The van der Waals surface area contributed by atoms with Crippen molar-refractivity contribution >= 4 is 11.6 Å². The number of rotatable bonds is 3. The molecule has 0 spiro atoms. The van der Waals surface area contributed by atoms with Gasteiger partial charge < -0.3 is 11.1 Å². The van der Waals surface area contributed by atoms with E-state index in [1.807, 2.05) is 0 Å². The topological polar surface area (TPSA) is 55.1 Å². The zero-order valence-corrected chi connectivity index (χ0v) is 10.6. The standard InChI is InChI=1S/C14H19FN2O/c1-10-4-3-7-14(9-10,13(16)18)17-12-6-2-5-11(15)8-12/h2,5-6,8,10,17H,3-4,7,9H2,1H3,(H2,16,18). The highest BCUT2D eigenvalue weighted by molar-refractivity contribution is 5.88. The summed E-state index contributed by atoms with van der Waals surface area (Å²) in [6.45, 7) is 2.12. The van der Waals surface area contributed by atoms with Crippen molar-refractivity contribution in [3.63, 3.8) is 0 Å². The molecule has 1 aliphatic rings. The van der Waals surface area contributed by atoms with Crippen molar-refractivity contribution in [3.8, 4) is 0 Å². The van der Waals surface area contributed by atoms with E-state index >= 15 is 0 Å². The predicted molar refractivity (Wildman–Crippen MR) is 69.6 cm³/mol. The Kier molecular flexibility index (Phi) is 3.55. The van der Waals surface area contributed by atoms with Gasteiger partial charge in [-0.15, -0.1) is 0 Å². The molecule has 2 atom stereocenters. The molecule has 1 fully saturated rings. The second-order valence-corrected chi connectivity index (χ2v) is 5.28. The number of benzene rings is 1. The van der Waals surface area contributed by atoms with Gasteiger partial charge in [0.05, 0.1) is 0 Å². The van der Waals surface area contributed by atoms with Gasteiger partial charge in [0.1, 0.15) is 11.4 Å². The van der Waals surface area contributed by atoms with Gasteiger partial charge in [-0.05, 0) is 37.0 Å². The van der Waals surface area contributed by atoms with Gasteiger partial charge in [-0.1, -0.05) is 25.8 Å². The Hall–Kier alpha value is -1.58. The number of carbonyl (C=O) groups excluding carboxylic acids is 1. The van der Waals surface area contributed by atoms with E-state index in [0.717, 1.165) is 12.8 Å². The summed E-state index contributed by atoms with van der Waals surface area (Å²) >= 11 is 0. The fraction of sp³-hybridized carbons (Fsp3) is 0.500. The molecule has 3 nitrogen and oxygen atoms in total. The minimum Gasteiger partial charge on any atom is -0.371 e. The molecule has 0 heterocycles. The van der Waals surface area contributed by atoms with Crippen molar-refractivity contribution in [2.24, 2.45) is 11.7 Å². The van der Waals surface area contributed by atoms with Crippen molar-refractivity contribution in [1.82, 2.24) is 0 Å². The maximum Gasteiger partial charge on any atom is 0.243 e. The normalized spacial score (nSPS) is 27.8. The fourth-order valence-electron chi connectivity index (χ4n) is 2.79. The first-order chi connectivity index (χ1) is 8.52. The number of hydrogen-bond acceptors (Lipinski definition) is 2. The molecule has 4 heteroatoms. The Morgan fingerprint density at radius 3 is 2.94 bits per heavy atom. The van der Waals surface area contributed by atoms with Crippen LogP contribution in [0.1, 0.15) is 32.6 Å². The van der Waals surface area contributed by atoms with E-state index in [2.05, 4.69) is 12.2 Å². The maximum absolute atomic E-state index is 13.2. The molecule has 0 saturated heterocycles. The molecular formula is C14H19FN2O. The fourth-order valence-corrected chi connectivity index (χ4v) is 2.79. The SMILES string of the molecule is CC1CCCC(Nc2cccc(F)c2)(C(N)=O)C1. The lowest BCUT2D eigenvalue weighted by atomic mass is 9.75. The molecule has 1 aromatic carbocycles. The highest BCUT2D eigenvalue weighted by Gasteiger charge is 2.40. The average molecular weight is 250 g/mol. The Morgan fingerprint density at radius 2 is 2.33 bits per heavy atom. The molecule has 0 aromatic heterocycles. The summed E-state index contributed by atoms with van der Waals surface area (Å²) in [6, 6.07) is 6.15. The third kappa shape index (κ3) is 2.63. The van der Waals surface area contributed by atoms with Crippen LogP contribution in [0.5, 0.6) is 0 Å². The molecule has 98 valence electrons. The molecule has 2 rings (SSSR count). The van der Waals surface area contributed by atoms with E-state index in [9.17, 15) is 9.18 Å². The summed E-state index contributed by atoms with van der Waals surface area (Å²) in [4.78, 5) is 11.8. The van der Waals surface area contributed by atoms with Crippen LogP contribution in [0.4, 0.5) is 10.1 Å². The second kappa shape index (κ2) is 4.96. The lowest BCUT2D eigenvalue weighted by molar-refractivity contribution is -0.123. The predicted octanol–water partition coefficient (Wildman–Crippen LogP) is 2.67. The van der Waals surface area contributed by atoms with E-state index < -0.39 is 5.54 Å². The summed E-state index contributed by atoms with van der Waals surface area (Å²) in [6.07, 6.45) is 3.49. The number of primary amides is 1. The molecule has 1 aromatic rings. The third-order valence-corrected chi connectivity index (χ3v) is 3.68. The van der Waals surface area contributed by atoms with Gasteiger partial charge in [-0.2, -0.15) is 0 Å². The van der Waals surface area contributed by atoms with Crippen LogP contribution in [0.15, 0.2) is 24.3 Å². The molecule has 1 aliphatic carbocycles. The summed E-state index contributed by atoms with van der Waals surface area (Å²) < 4.78 is 13.2. The lowest BCUT2D eigenvalue weighted by Gasteiger charge is -2.38. The van der Waals surface area contributed by atoms with E-state index in [-0.39, 0.29) is 11.7 Å². The van der Waals surface area contributed by atoms with E-state index in [4.69, 9.17) is 5.73 Å². The molecular weight excluding hydrogens is 231 g/mol. The molecule has 18 heavy (non-hydrogen) atoms. The first-order valence-electron chi connectivity index (χ1n) is 6.35. The van der Waals surface area contributed by atoms with Crippen LogP contribution in [0, 0.1) is 11.7 Å². The lowest BCUT2D eigenvalue weighted by Crippen LogP contribution is -2.53. The zero-order valence-electron chi connectivity index (χ0n) is 10.6. The van der Waals surface area contributed by atoms with Crippen LogP contribution in [-0.2, 0) is 4.79 Å². The van der Waals surface area contributed by atoms with Gasteiger partial charge >= 0.3 is 0 Å². The number of amides is 1. The number of nitrogens with one attached hydrogen (secondary N) is 1. The van der Waals surface area contributed by atoms with Crippen molar-refractivity contribution in [1.29, 1.82) is 0 Å². The van der Waals surface area contributed by atoms with E-state index in [1.165, 1.54) is 12.1 Å². The first-order valence-corrected chi connectivity index (χ1v) is 6.35. The highest BCUT2D eigenvalue weighted by Crippen LogP contribution is 2.35. The number of nitrogens with two attached hydrogens (primary N) is 1. The molecule has 1 amide bonds. The summed E-state index contributed by atoms with van der Waals surface area (Å²) in [7, 11) is 0. The number of carbonyl (C=O) groups is 1. The molecule has 1 saturated carbocycles. The molecule has 0 bridgehead atoms. The summed E-state index contributed by atoms with van der Waals surface area (Å²) in [5.74, 6) is -0.214. The van der Waals surface area contributed by atoms with Crippen molar-refractivity contribution in [3.05, 3.63) is 30.1 Å². The Bertz CT molecular complexity index is 449. The minimum atomic E-state index is -0.731. The van der Waals surface area contributed by atoms with E-state index in [1.54, 1.807) is 12.1 Å². The monoisotopic (exact) mass is 250 g/mol. The quantitative estimate of drug-likeness (QED) is 0.866. The summed E-state index contributed by atoms with van der Waals surface area (Å²) in [5.41, 5.74) is 5.44. The smallest absolute Gasteiger partial charge is 0.243 e. The maximum atomic E-state index is 13.2. The van der Waals surface area contributed by atoms with Crippen LogP contribution in [0.2, 0.25) is 0 Å². The largest absolute Gasteiger partial charge is 0.371 e. The minimum absolute atomic E-state index is 0.316. The molecule has 0 radical (unpaired) electrons. The van der Waals surface area contributed by atoms with Crippen molar-refractivity contribution in [2.45, 2.75) is 38.1 Å². The molecule has 3 N–H and O–H groups in total. The first kappa shape index (κ1) is 12.9. The van der Waals surface area contributed by atoms with Gasteiger partial charge in [0.25, 0.3) is 0 Å². The van der Waals surface area contributed by atoms with Gasteiger partial charge in [0, 0.05) is 5.69 Å². The highest BCUT2D eigenvalue weighted by atomic mass is 19.1. The van der Waals surface area contributed by atoms with Crippen LogP contribution in [0.25, 0.3) is 0 Å². The van der Waals surface area contributed by atoms with E-state index in [0.29, 0.717) is 24.4 Å².